The van der Waals surface area contributed by atoms with E-state index in [9.17, 15) is 0 Å². The zero-order valence-electron chi connectivity index (χ0n) is 8.51. The third-order valence-corrected chi connectivity index (χ3v) is 1.84. The van der Waals surface area contributed by atoms with Gasteiger partial charge in [0.15, 0.2) is 0 Å². The first-order valence-corrected chi connectivity index (χ1v) is 4.77. The van der Waals surface area contributed by atoms with Crippen molar-refractivity contribution in [3.05, 3.63) is 60.2 Å². The first-order chi connectivity index (χ1) is 7.95. The Kier molecular flexibility index (Phi) is 3.32. The molecule has 74 valence electrons. The van der Waals surface area contributed by atoms with Gasteiger partial charge in [0.2, 0.25) is 0 Å². The van der Waals surface area contributed by atoms with E-state index in [1.807, 2.05) is 24.3 Å². The van der Waals surface area contributed by atoms with Crippen LogP contribution in [0.15, 0.2) is 49.1 Å². The molecule has 0 amide bonds. The molecule has 0 aromatic carbocycles. The van der Waals surface area contributed by atoms with Gasteiger partial charge in [0.25, 0.3) is 0 Å². The minimum Gasteiger partial charge on any atom is -0.265 e. The Bertz CT molecular complexity index is 511. The largest absolute Gasteiger partial charge is 0.265 e. The molecule has 0 spiro atoms. The lowest BCUT2D eigenvalue weighted by Crippen LogP contribution is -1.74. The molecule has 0 radical (unpaired) electrons. The first-order valence-electron chi connectivity index (χ1n) is 4.77. The van der Waals surface area contributed by atoms with Crippen molar-refractivity contribution in [1.82, 2.24) is 9.97 Å². The van der Waals surface area contributed by atoms with Crippen LogP contribution in [0.1, 0.15) is 11.1 Å². The Balaban J connectivity index is 2.09. The molecule has 0 saturated carbocycles. The molecule has 0 bridgehead atoms. The Morgan fingerprint density at radius 2 is 1.00 bits per heavy atom. The van der Waals surface area contributed by atoms with E-state index in [1.54, 1.807) is 24.8 Å². The van der Waals surface area contributed by atoms with Crippen LogP contribution in [0.25, 0.3) is 0 Å². The standard InChI is InChI=1S/C14H8N2/c1(3-13-5-9-15-10-6-13)2-4-14-7-11-16-12-8-14/h5-12H. The van der Waals surface area contributed by atoms with E-state index in [2.05, 4.69) is 33.6 Å². The predicted molar refractivity (Wildman–Crippen MR) is 62.2 cm³/mol. The molecule has 0 saturated heterocycles. The molecular formula is C14H8N2. The quantitative estimate of drug-likeness (QED) is 0.612. The maximum Gasteiger partial charge on any atom is 0.0286 e. The van der Waals surface area contributed by atoms with Crippen molar-refractivity contribution < 1.29 is 0 Å². The third kappa shape index (κ3) is 2.97. The number of hydrogen-bond donors (Lipinski definition) is 0. The van der Waals surface area contributed by atoms with E-state index in [0.717, 1.165) is 11.1 Å². The lowest BCUT2D eigenvalue weighted by molar-refractivity contribution is 1.32. The SMILES string of the molecule is C(C#Cc1ccncc1)#Cc1ccncc1. The van der Waals surface area contributed by atoms with Gasteiger partial charge in [0, 0.05) is 35.9 Å². The second kappa shape index (κ2) is 5.34. The lowest BCUT2D eigenvalue weighted by Gasteiger charge is -1.84. The Hall–Kier alpha value is -2.58. The van der Waals surface area contributed by atoms with E-state index in [0.29, 0.717) is 0 Å². The van der Waals surface area contributed by atoms with Gasteiger partial charge in [-0.2, -0.15) is 0 Å². The summed E-state index contributed by atoms with van der Waals surface area (Å²) in [5, 5.41) is 0. The van der Waals surface area contributed by atoms with Crippen molar-refractivity contribution in [3.8, 4) is 23.7 Å². The highest BCUT2D eigenvalue weighted by atomic mass is 14.6. The van der Waals surface area contributed by atoms with Crippen LogP contribution in [0.2, 0.25) is 0 Å². The molecule has 2 heteroatoms. The van der Waals surface area contributed by atoms with Crippen molar-refractivity contribution in [2.75, 3.05) is 0 Å². The van der Waals surface area contributed by atoms with Gasteiger partial charge < -0.3 is 0 Å². The number of nitrogens with zero attached hydrogens (tertiary/aromatic N) is 2. The second-order valence-electron chi connectivity index (χ2n) is 2.97. The minimum atomic E-state index is 0.916. The van der Waals surface area contributed by atoms with Gasteiger partial charge in [-0.1, -0.05) is 11.8 Å². The molecule has 16 heavy (non-hydrogen) atoms. The average Bonchev–Trinajstić information content (AvgIpc) is 2.37. The Morgan fingerprint density at radius 1 is 0.625 bits per heavy atom. The van der Waals surface area contributed by atoms with Crippen molar-refractivity contribution >= 4 is 0 Å². The molecule has 0 atom stereocenters. The van der Waals surface area contributed by atoms with E-state index in [-0.39, 0.29) is 0 Å². The summed E-state index contributed by atoms with van der Waals surface area (Å²) in [5.41, 5.74) is 1.83. The topological polar surface area (TPSA) is 25.8 Å². The van der Waals surface area contributed by atoms with E-state index >= 15 is 0 Å². The molecule has 0 aliphatic rings. The van der Waals surface area contributed by atoms with Gasteiger partial charge in [-0.25, -0.2) is 0 Å². The predicted octanol–water partition coefficient (Wildman–Crippen LogP) is 1.88. The molecular weight excluding hydrogens is 196 g/mol. The van der Waals surface area contributed by atoms with Crippen molar-refractivity contribution in [1.29, 1.82) is 0 Å². The highest BCUT2D eigenvalue weighted by Gasteiger charge is 1.81. The normalized spacial score (nSPS) is 8.25. The molecule has 0 aliphatic heterocycles. The van der Waals surface area contributed by atoms with Gasteiger partial charge in [-0.05, 0) is 36.1 Å². The number of rotatable bonds is 0. The molecule has 2 aromatic rings. The number of pyridine rings is 2. The average molecular weight is 204 g/mol. The molecule has 2 nitrogen and oxygen atoms in total. The molecule has 0 N–H and O–H groups in total. The molecule has 2 rings (SSSR count). The van der Waals surface area contributed by atoms with Crippen molar-refractivity contribution in [2.24, 2.45) is 0 Å². The Labute approximate surface area is 94.4 Å². The lowest BCUT2D eigenvalue weighted by atomic mass is 10.2. The minimum absolute atomic E-state index is 0.916. The summed E-state index contributed by atoms with van der Waals surface area (Å²) in [5.74, 6) is 11.5. The first kappa shape index (κ1) is 9.96. The van der Waals surface area contributed by atoms with Crippen LogP contribution in [0.5, 0.6) is 0 Å². The van der Waals surface area contributed by atoms with Gasteiger partial charge in [-0.3, -0.25) is 9.97 Å². The van der Waals surface area contributed by atoms with Crippen LogP contribution in [-0.2, 0) is 0 Å². The zero-order chi connectivity index (χ0) is 11.1. The number of aromatic nitrogens is 2. The van der Waals surface area contributed by atoms with Crippen LogP contribution in [-0.4, -0.2) is 9.97 Å². The van der Waals surface area contributed by atoms with Crippen LogP contribution < -0.4 is 0 Å². The van der Waals surface area contributed by atoms with E-state index in [4.69, 9.17) is 0 Å². The Morgan fingerprint density at radius 3 is 1.38 bits per heavy atom. The van der Waals surface area contributed by atoms with Gasteiger partial charge in [0.1, 0.15) is 0 Å². The fourth-order valence-electron chi connectivity index (χ4n) is 1.08. The van der Waals surface area contributed by atoms with Gasteiger partial charge >= 0.3 is 0 Å². The summed E-state index contributed by atoms with van der Waals surface area (Å²) in [6.45, 7) is 0. The smallest absolute Gasteiger partial charge is 0.0286 e. The molecule has 0 fully saturated rings. The summed E-state index contributed by atoms with van der Waals surface area (Å²) in [4.78, 5) is 7.82. The summed E-state index contributed by atoms with van der Waals surface area (Å²) >= 11 is 0. The summed E-state index contributed by atoms with van der Waals surface area (Å²) < 4.78 is 0. The van der Waals surface area contributed by atoms with Crippen LogP contribution in [0.3, 0.4) is 0 Å². The van der Waals surface area contributed by atoms with Crippen LogP contribution in [0, 0.1) is 23.7 Å². The monoisotopic (exact) mass is 204 g/mol. The highest BCUT2D eigenvalue weighted by molar-refractivity contribution is 5.43. The molecule has 2 aromatic heterocycles. The van der Waals surface area contributed by atoms with Gasteiger partial charge in [-0.15, -0.1) is 0 Å². The summed E-state index contributed by atoms with van der Waals surface area (Å²) in [6.07, 6.45) is 6.83. The van der Waals surface area contributed by atoms with E-state index < -0.39 is 0 Å². The van der Waals surface area contributed by atoms with Crippen molar-refractivity contribution in [2.45, 2.75) is 0 Å². The van der Waals surface area contributed by atoms with E-state index in [1.165, 1.54) is 0 Å². The summed E-state index contributed by atoms with van der Waals surface area (Å²) in [6, 6.07) is 7.39. The van der Waals surface area contributed by atoms with Crippen molar-refractivity contribution in [3.63, 3.8) is 0 Å². The molecule has 2 heterocycles. The molecule has 0 unspecified atom stereocenters. The fourth-order valence-corrected chi connectivity index (χ4v) is 1.08. The van der Waals surface area contributed by atoms with Crippen LogP contribution in [0.4, 0.5) is 0 Å². The third-order valence-electron chi connectivity index (χ3n) is 1.84. The fraction of sp³-hybridized carbons (Fsp3) is 0. The summed E-state index contributed by atoms with van der Waals surface area (Å²) in [7, 11) is 0. The highest BCUT2D eigenvalue weighted by Crippen LogP contribution is 1.92. The molecule has 0 aliphatic carbocycles. The maximum absolute atomic E-state index is 3.91. The zero-order valence-corrected chi connectivity index (χ0v) is 8.51. The maximum atomic E-state index is 3.91. The van der Waals surface area contributed by atoms with Crippen LogP contribution >= 0.6 is 0 Å². The second-order valence-corrected chi connectivity index (χ2v) is 2.97. The number of hydrogen-bond acceptors (Lipinski definition) is 2. The van der Waals surface area contributed by atoms with Gasteiger partial charge in [0.05, 0.1) is 0 Å².